The van der Waals surface area contributed by atoms with Crippen LogP contribution in [0.2, 0.25) is 0 Å². The van der Waals surface area contributed by atoms with Crippen molar-refractivity contribution in [2.45, 2.75) is 25.6 Å². The number of halogens is 4. The van der Waals surface area contributed by atoms with E-state index in [4.69, 9.17) is 4.74 Å². The van der Waals surface area contributed by atoms with E-state index in [1.807, 2.05) is 0 Å². The Morgan fingerprint density at radius 3 is 2.74 bits per heavy atom. The molecule has 0 spiro atoms. The Labute approximate surface area is 116 Å². The lowest BCUT2D eigenvalue weighted by Crippen LogP contribution is -2.35. The lowest BCUT2D eigenvalue weighted by atomic mass is 9.99. The third-order valence-electron chi connectivity index (χ3n) is 2.82. The van der Waals surface area contributed by atoms with E-state index in [0.29, 0.717) is 23.0 Å². The van der Waals surface area contributed by atoms with E-state index in [0.717, 1.165) is 6.92 Å². The van der Waals surface area contributed by atoms with E-state index in [-0.39, 0.29) is 11.3 Å². The fraction of sp³-hybridized carbons (Fsp3) is 0.417. The zero-order valence-corrected chi connectivity index (χ0v) is 11.6. The second-order valence-corrected chi connectivity index (χ2v) is 5.16. The first-order chi connectivity index (χ1) is 8.79. The Bertz CT molecular complexity index is 516. The number of carbonyl (C=O) groups excluding carboxylic acids is 1. The van der Waals surface area contributed by atoms with Gasteiger partial charge in [0, 0.05) is 11.0 Å². The van der Waals surface area contributed by atoms with Crippen LogP contribution in [0.15, 0.2) is 16.6 Å². The van der Waals surface area contributed by atoms with Gasteiger partial charge in [0.15, 0.2) is 6.10 Å². The number of hydrogen-bond acceptors (Lipinski definition) is 2. The average molecular weight is 338 g/mol. The van der Waals surface area contributed by atoms with Crippen LogP contribution in [0.3, 0.4) is 0 Å². The Morgan fingerprint density at radius 2 is 2.11 bits per heavy atom. The van der Waals surface area contributed by atoms with Crippen molar-refractivity contribution in [1.82, 2.24) is 5.32 Å². The number of hydrogen-bond donors (Lipinski definition) is 1. The highest BCUT2D eigenvalue weighted by molar-refractivity contribution is 9.10. The molecule has 1 unspecified atom stereocenters. The van der Waals surface area contributed by atoms with Gasteiger partial charge in [-0.25, -0.2) is 0 Å². The number of rotatable bonds is 2. The highest BCUT2D eigenvalue weighted by atomic mass is 79.9. The standard InChI is InChI=1S/C12H11BrF3NO2/c1-6(12(14,15)16)19-9-5-8(13)4-7-2-3-17-11(18)10(7)9/h4-6H,2-3H2,1H3,(H,17,18). The number of carbonyl (C=O) groups is 1. The summed E-state index contributed by atoms with van der Waals surface area (Å²) in [6.45, 7) is 1.38. The quantitative estimate of drug-likeness (QED) is 0.900. The predicted octanol–water partition coefficient (Wildman–Crippen LogP) is 3.06. The first-order valence-corrected chi connectivity index (χ1v) is 6.42. The van der Waals surface area contributed by atoms with Crippen LogP contribution in [0.4, 0.5) is 13.2 Å². The molecular formula is C12H11BrF3NO2. The SMILES string of the molecule is CC(Oc1cc(Br)cc2c1C(=O)NCC2)C(F)(F)F. The van der Waals surface area contributed by atoms with Crippen molar-refractivity contribution in [2.24, 2.45) is 0 Å². The fourth-order valence-corrected chi connectivity index (χ4v) is 2.32. The summed E-state index contributed by atoms with van der Waals surface area (Å²) in [5.74, 6) is -0.454. The van der Waals surface area contributed by atoms with Gasteiger partial charge in [-0.1, -0.05) is 15.9 Å². The van der Waals surface area contributed by atoms with Gasteiger partial charge in [0.2, 0.25) is 0 Å². The number of ether oxygens (including phenoxy) is 1. The first kappa shape index (κ1) is 14.2. The Kier molecular flexibility index (Phi) is 3.75. The minimum atomic E-state index is -4.47. The third kappa shape index (κ3) is 3.02. The van der Waals surface area contributed by atoms with E-state index in [2.05, 4.69) is 21.2 Å². The zero-order chi connectivity index (χ0) is 14.2. The highest BCUT2D eigenvalue weighted by Crippen LogP contribution is 2.33. The van der Waals surface area contributed by atoms with Gasteiger partial charge < -0.3 is 10.1 Å². The number of alkyl halides is 3. The molecule has 19 heavy (non-hydrogen) atoms. The van der Waals surface area contributed by atoms with Crippen molar-refractivity contribution < 1.29 is 22.7 Å². The van der Waals surface area contributed by atoms with Gasteiger partial charge in [0.05, 0.1) is 5.56 Å². The van der Waals surface area contributed by atoms with Crippen LogP contribution >= 0.6 is 15.9 Å². The van der Waals surface area contributed by atoms with Crippen LogP contribution in [0, 0.1) is 0 Å². The van der Waals surface area contributed by atoms with E-state index in [1.54, 1.807) is 6.07 Å². The van der Waals surface area contributed by atoms with Gasteiger partial charge in [0.1, 0.15) is 5.75 Å². The molecule has 1 aliphatic rings. The molecule has 0 aliphatic carbocycles. The molecule has 1 N–H and O–H groups in total. The minimum absolute atomic E-state index is 0.0496. The van der Waals surface area contributed by atoms with E-state index < -0.39 is 18.2 Å². The maximum Gasteiger partial charge on any atom is 0.425 e. The second kappa shape index (κ2) is 5.03. The minimum Gasteiger partial charge on any atom is -0.480 e. The Hall–Kier alpha value is -1.24. The smallest absolute Gasteiger partial charge is 0.425 e. The summed E-state index contributed by atoms with van der Waals surface area (Å²) in [7, 11) is 0. The molecule has 0 bridgehead atoms. The van der Waals surface area contributed by atoms with Gasteiger partial charge in [-0.15, -0.1) is 0 Å². The van der Waals surface area contributed by atoms with E-state index in [9.17, 15) is 18.0 Å². The number of amides is 1. The van der Waals surface area contributed by atoms with Crippen molar-refractivity contribution in [3.05, 3.63) is 27.7 Å². The van der Waals surface area contributed by atoms with Gasteiger partial charge in [0.25, 0.3) is 5.91 Å². The molecule has 0 aromatic heterocycles. The van der Waals surface area contributed by atoms with Crippen molar-refractivity contribution in [2.75, 3.05) is 6.54 Å². The Balaban J connectivity index is 2.40. The third-order valence-corrected chi connectivity index (χ3v) is 3.28. The van der Waals surface area contributed by atoms with E-state index >= 15 is 0 Å². The van der Waals surface area contributed by atoms with Gasteiger partial charge in [-0.05, 0) is 31.0 Å². The molecule has 3 nitrogen and oxygen atoms in total. The maximum atomic E-state index is 12.5. The van der Waals surface area contributed by atoms with Crippen LogP contribution in [-0.2, 0) is 6.42 Å². The van der Waals surface area contributed by atoms with Crippen molar-refractivity contribution in [3.63, 3.8) is 0 Å². The van der Waals surface area contributed by atoms with Crippen molar-refractivity contribution in [3.8, 4) is 5.75 Å². The monoisotopic (exact) mass is 337 g/mol. The molecule has 0 saturated heterocycles. The highest BCUT2D eigenvalue weighted by Gasteiger charge is 2.39. The number of benzene rings is 1. The van der Waals surface area contributed by atoms with Crippen LogP contribution in [0.25, 0.3) is 0 Å². The molecule has 7 heteroatoms. The fourth-order valence-electron chi connectivity index (χ4n) is 1.84. The van der Waals surface area contributed by atoms with Crippen LogP contribution in [-0.4, -0.2) is 24.7 Å². The first-order valence-electron chi connectivity index (χ1n) is 5.63. The maximum absolute atomic E-state index is 12.5. The molecule has 104 valence electrons. The topological polar surface area (TPSA) is 38.3 Å². The van der Waals surface area contributed by atoms with Crippen molar-refractivity contribution >= 4 is 21.8 Å². The van der Waals surface area contributed by atoms with Gasteiger partial charge >= 0.3 is 6.18 Å². The average Bonchev–Trinajstić information content (AvgIpc) is 2.26. The normalized spacial score (nSPS) is 16.6. The van der Waals surface area contributed by atoms with Crippen LogP contribution in [0.5, 0.6) is 5.75 Å². The number of fused-ring (bicyclic) bond motifs is 1. The summed E-state index contributed by atoms with van der Waals surface area (Å²) in [5, 5.41) is 2.59. The summed E-state index contributed by atoms with van der Waals surface area (Å²) in [5.41, 5.74) is 0.869. The summed E-state index contributed by atoms with van der Waals surface area (Å²) >= 11 is 3.21. The molecule has 0 fully saturated rings. The summed E-state index contributed by atoms with van der Waals surface area (Å²) in [6, 6.07) is 3.10. The molecule has 1 amide bonds. The van der Waals surface area contributed by atoms with Crippen molar-refractivity contribution in [1.29, 1.82) is 0 Å². The molecule has 1 aromatic carbocycles. The molecular weight excluding hydrogens is 327 g/mol. The summed E-state index contributed by atoms with van der Waals surface area (Å²) in [4.78, 5) is 11.8. The molecule has 2 rings (SSSR count). The number of nitrogens with one attached hydrogen (secondary N) is 1. The molecule has 1 aliphatic heterocycles. The lowest BCUT2D eigenvalue weighted by Gasteiger charge is -2.23. The summed E-state index contributed by atoms with van der Waals surface area (Å²) < 4.78 is 43.1. The predicted molar refractivity (Wildman–Crippen MR) is 66.3 cm³/mol. The largest absolute Gasteiger partial charge is 0.480 e. The molecule has 1 atom stereocenters. The van der Waals surface area contributed by atoms with Crippen LogP contribution in [0.1, 0.15) is 22.8 Å². The molecule has 0 saturated carbocycles. The van der Waals surface area contributed by atoms with Gasteiger partial charge in [-0.3, -0.25) is 4.79 Å². The lowest BCUT2D eigenvalue weighted by molar-refractivity contribution is -0.189. The molecule has 1 aromatic rings. The zero-order valence-electron chi connectivity index (χ0n) is 9.97. The molecule has 0 radical (unpaired) electrons. The second-order valence-electron chi connectivity index (χ2n) is 4.25. The molecule has 1 heterocycles. The summed E-state index contributed by atoms with van der Waals surface area (Å²) in [6.07, 6.45) is -5.88. The van der Waals surface area contributed by atoms with Crippen LogP contribution < -0.4 is 10.1 Å². The van der Waals surface area contributed by atoms with E-state index in [1.165, 1.54) is 6.07 Å². The van der Waals surface area contributed by atoms with Gasteiger partial charge in [-0.2, -0.15) is 13.2 Å². The Morgan fingerprint density at radius 1 is 1.42 bits per heavy atom.